The fourth-order valence-corrected chi connectivity index (χ4v) is 6.40. The molecule has 0 unspecified atom stereocenters. The number of piperidine rings is 1. The number of nitrogens with zero attached hydrogens (tertiary/aromatic N) is 1. The van der Waals surface area contributed by atoms with Crippen LogP contribution in [0.2, 0.25) is 0 Å². The summed E-state index contributed by atoms with van der Waals surface area (Å²) in [6.07, 6.45) is 8.41. The zero-order valence-electron chi connectivity index (χ0n) is 25.4. The van der Waals surface area contributed by atoms with Crippen LogP contribution in [0.5, 0.6) is 0 Å². The summed E-state index contributed by atoms with van der Waals surface area (Å²) in [4.78, 5) is 67.9. The summed E-state index contributed by atoms with van der Waals surface area (Å²) in [7, 11) is 0. The van der Waals surface area contributed by atoms with E-state index in [0.29, 0.717) is 19.4 Å². The average molecular weight is 572 g/mol. The van der Waals surface area contributed by atoms with Crippen LogP contribution in [-0.4, -0.2) is 71.7 Å². The second-order valence-corrected chi connectivity index (χ2v) is 13.4. The first-order valence-electron chi connectivity index (χ1n) is 15.0. The van der Waals surface area contributed by atoms with Crippen LogP contribution in [0.4, 0.5) is 4.79 Å². The Labute approximate surface area is 244 Å². The molecule has 5 atom stereocenters. The second-order valence-electron chi connectivity index (χ2n) is 13.4. The number of ketones is 1. The Hall–Kier alpha value is -3.17. The third kappa shape index (κ3) is 7.57. The van der Waals surface area contributed by atoms with Gasteiger partial charge in [-0.1, -0.05) is 59.6 Å². The molecule has 1 aliphatic heterocycles. The molecule has 2 aliphatic carbocycles. The van der Waals surface area contributed by atoms with Gasteiger partial charge in [-0.05, 0) is 54.8 Å². The van der Waals surface area contributed by atoms with E-state index >= 15 is 0 Å². The van der Waals surface area contributed by atoms with Crippen LogP contribution in [0.25, 0.3) is 0 Å². The molecule has 0 spiro atoms. The molecule has 10 heteroatoms. The molecule has 1 saturated heterocycles. The van der Waals surface area contributed by atoms with E-state index in [1.807, 2.05) is 20.8 Å². The van der Waals surface area contributed by atoms with E-state index < -0.39 is 41.1 Å². The summed E-state index contributed by atoms with van der Waals surface area (Å²) >= 11 is 0. The molecular weight excluding hydrogens is 522 g/mol. The van der Waals surface area contributed by atoms with E-state index in [1.165, 1.54) is 0 Å². The molecule has 0 bridgehead atoms. The van der Waals surface area contributed by atoms with E-state index in [2.05, 4.69) is 48.3 Å². The fraction of sp³-hybridized carbons (Fsp3) is 0.710. The fourth-order valence-electron chi connectivity index (χ4n) is 6.40. The summed E-state index contributed by atoms with van der Waals surface area (Å²) in [6.45, 7) is 17.8. The predicted octanol–water partition coefficient (Wildman–Crippen LogP) is 2.84. The smallest absolute Gasteiger partial charge is 0.315 e. The van der Waals surface area contributed by atoms with Crippen LogP contribution >= 0.6 is 0 Å². The molecule has 3 aliphatic rings. The van der Waals surface area contributed by atoms with Crippen LogP contribution in [0, 0.1) is 22.7 Å². The summed E-state index contributed by atoms with van der Waals surface area (Å²) in [5, 5.41) is 11.3. The summed E-state index contributed by atoms with van der Waals surface area (Å²) < 4.78 is 0. The second kappa shape index (κ2) is 13.2. The number of nitrogens with one attached hydrogen (secondary N) is 4. The first-order valence-corrected chi connectivity index (χ1v) is 15.0. The highest BCUT2D eigenvalue weighted by atomic mass is 16.2. The highest BCUT2D eigenvalue weighted by Crippen LogP contribution is 2.65. The average Bonchev–Trinajstić information content (AvgIpc) is 3.33. The molecule has 0 aromatic carbocycles. The highest BCUT2D eigenvalue weighted by molar-refractivity contribution is 6.38. The van der Waals surface area contributed by atoms with E-state index in [9.17, 15) is 24.0 Å². The van der Waals surface area contributed by atoms with Gasteiger partial charge in [-0.15, -0.1) is 13.2 Å². The van der Waals surface area contributed by atoms with Gasteiger partial charge in [-0.25, -0.2) is 4.79 Å². The van der Waals surface area contributed by atoms with Crippen molar-refractivity contribution in [3.05, 3.63) is 25.3 Å². The molecule has 3 rings (SSSR count). The number of rotatable bonds is 13. The Morgan fingerprint density at radius 1 is 1.00 bits per heavy atom. The Bertz CT molecular complexity index is 1040. The van der Waals surface area contributed by atoms with Crippen molar-refractivity contribution in [3.8, 4) is 0 Å². The van der Waals surface area contributed by atoms with E-state index in [1.54, 1.807) is 17.1 Å². The SMILES string of the molecule is C=CCCNC(=O)C(=O)[C@H](CCC=C)NC(=O)[C@@H]1[C@@H]2[C@H](CN1C(=O)[C@@H](NC(=O)NC1CCCC1)C(C)(C)C)C2(C)C. The molecule has 1 heterocycles. The maximum absolute atomic E-state index is 14.1. The number of amides is 5. The van der Waals surface area contributed by atoms with Crippen LogP contribution in [0.1, 0.15) is 79.6 Å². The quantitative estimate of drug-likeness (QED) is 0.153. The van der Waals surface area contributed by atoms with Gasteiger partial charge in [-0.3, -0.25) is 19.2 Å². The first kappa shape index (κ1) is 32.3. The molecule has 2 saturated carbocycles. The van der Waals surface area contributed by atoms with Gasteiger partial charge in [0.2, 0.25) is 17.6 Å². The number of hydrogen-bond donors (Lipinski definition) is 4. The van der Waals surface area contributed by atoms with Crippen molar-refractivity contribution in [2.75, 3.05) is 13.1 Å². The lowest BCUT2D eigenvalue weighted by atomic mass is 9.85. The van der Waals surface area contributed by atoms with E-state index in [4.69, 9.17) is 0 Å². The monoisotopic (exact) mass is 571 g/mol. The maximum Gasteiger partial charge on any atom is 0.315 e. The van der Waals surface area contributed by atoms with Crippen molar-refractivity contribution in [3.63, 3.8) is 0 Å². The van der Waals surface area contributed by atoms with Crippen molar-refractivity contribution < 1.29 is 24.0 Å². The molecule has 41 heavy (non-hydrogen) atoms. The highest BCUT2D eigenvalue weighted by Gasteiger charge is 2.69. The lowest BCUT2D eigenvalue weighted by Gasteiger charge is -2.38. The Morgan fingerprint density at radius 2 is 1.63 bits per heavy atom. The number of Topliss-reactive ketones (excluding diaryl/α,β-unsaturated/α-hetero) is 1. The summed E-state index contributed by atoms with van der Waals surface area (Å²) in [5.41, 5.74) is -0.759. The predicted molar refractivity (Wildman–Crippen MR) is 158 cm³/mol. The number of allylic oxidation sites excluding steroid dienone is 1. The maximum atomic E-state index is 14.1. The number of urea groups is 1. The minimum atomic E-state index is -1.05. The number of carbonyl (C=O) groups excluding carboxylic acids is 5. The third-order valence-corrected chi connectivity index (χ3v) is 8.99. The van der Waals surface area contributed by atoms with Gasteiger partial charge >= 0.3 is 6.03 Å². The van der Waals surface area contributed by atoms with Crippen LogP contribution in [0.15, 0.2) is 25.3 Å². The molecule has 0 aromatic heterocycles. The molecule has 3 fully saturated rings. The zero-order chi connectivity index (χ0) is 30.5. The minimum Gasteiger partial charge on any atom is -0.349 e. The lowest BCUT2D eigenvalue weighted by molar-refractivity contribution is -0.145. The number of fused-ring (bicyclic) bond motifs is 1. The standard InChI is InChI=1S/C31H49N5O5/c1-8-10-16-21(24(37)27(39)32-17-11-9-2)34-26(38)23-22-20(31(22,6)7)18-36(23)28(40)25(30(3,4)5)35-29(41)33-19-14-12-13-15-19/h8-9,19-23,25H,1-2,10-18H2,3-7H3,(H,32,39)(H,34,38)(H2,33,35,41)/t20-,21-,22-,23-,25+/m0/s1. The van der Waals surface area contributed by atoms with Crippen LogP contribution in [-0.2, 0) is 19.2 Å². The molecule has 5 amide bonds. The molecular formula is C31H49N5O5. The Morgan fingerprint density at radius 3 is 2.22 bits per heavy atom. The van der Waals surface area contributed by atoms with Crippen molar-refractivity contribution in [2.24, 2.45) is 22.7 Å². The van der Waals surface area contributed by atoms with Gasteiger partial charge in [0.1, 0.15) is 12.1 Å². The van der Waals surface area contributed by atoms with Gasteiger partial charge in [-0.2, -0.15) is 0 Å². The van der Waals surface area contributed by atoms with E-state index in [0.717, 1.165) is 25.7 Å². The van der Waals surface area contributed by atoms with Crippen molar-refractivity contribution in [1.29, 1.82) is 0 Å². The molecule has 0 radical (unpaired) electrons. The van der Waals surface area contributed by atoms with E-state index in [-0.39, 0.29) is 48.2 Å². The molecule has 4 N–H and O–H groups in total. The lowest BCUT2D eigenvalue weighted by Crippen LogP contribution is -2.61. The minimum absolute atomic E-state index is 0.0871. The molecule has 10 nitrogen and oxygen atoms in total. The van der Waals surface area contributed by atoms with Crippen LogP contribution < -0.4 is 21.3 Å². The van der Waals surface area contributed by atoms with Gasteiger partial charge in [0.25, 0.3) is 5.91 Å². The normalized spacial score (nSPS) is 24.4. The zero-order valence-corrected chi connectivity index (χ0v) is 25.4. The largest absolute Gasteiger partial charge is 0.349 e. The first-order chi connectivity index (χ1) is 19.2. The number of carbonyl (C=O) groups is 5. The van der Waals surface area contributed by atoms with Crippen LogP contribution in [0.3, 0.4) is 0 Å². The molecule has 228 valence electrons. The van der Waals surface area contributed by atoms with Gasteiger partial charge in [0.05, 0.1) is 6.04 Å². The topological polar surface area (TPSA) is 137 Å². The van der Waals surface area contributed by atoms with Gasteiger partial charge < -0.3 is 26.2 Å². The van der Waals surface area contributed by atoms with Gasteiger partial charge in [0.15, 0.2) is 0 Å². The van der Waals surface area contributed by atoms with Crippen molar-refractivity contribution in [1.82, 2.24) is 26.2 Å². The third-order valence-electron chi connectivity index (χ3n) is 8.99. The number of likely N-dealkylation sites (tertiary alicyclic amines) is 1. The van der Waals surface area contributed by atoms with Crippen molar-refractivity contribution in [2.45, 2.75) is 104 Å². The number of hydrogen-bond acceptors (Lipinski definition) is 5. The molecule has 0 aromatic rings. The Balaban J connectivity index is 1.79. The van der Waals surface area contributed by atoms with Crippen molar-refractivity contribution >= 4 is 29.5 Å². The summed E-state index contributed by atoms with van der Waals surface area (Å²) in [6, 6.07) is -2.99. The summed E-state index contributed by atoms with van der Waals surface area (Å²) in [5.74, 6) is -2.24. The van der Waals surface area contributed by atoms with Gasteiger partial charge in [0, 0.05) is 19.1 Å². The Kier molecular flexibility index (Phi) is 10.4.